The molecular weight excluding hydrogens is 314 g/mol. The Kier molecular flexibility index (Phi) is 4.90. The molecule has 1 atom stereocenters. The summed E-state index contributed by atoms with van der Waals surface area (Å²) in [6.45, 7) is 0.654. The van der Waals surface area contributed by atoms with Crippen molar-refractivity contribution in [3.05, 3.63) is 77.1 Å². The van der Waals surface area contributed by atoms with Crippen LogP contribution < -0.4 is 4.74 Å². The van der Waals surface area contributed by atoms with Crippen molar-refractivity contribution in [3.8, 4) is 5.75 Å². The minimum absolute atomic E-state index is 0.309. The number of rotatable bonds is 6. The van der Waals surface area contributed by atoms with Crippen molar-refractivity contribution in [1.82, 2.24) is 15.0 Å². The van der Waals surface area contributed by atoms with E-state index in [1.807, 2.05) is 30.3 Å². The molecule has 0 saturated carbocycles. The Hall–Kier alpha value is -2.37. The zero-order valence-electron chi connectivity index (χ0n) is 12.3. The molecule has 3 aromatic rings. The smallest absolute Gasteiger partial charge is 0.134 e. The van der Waals surface area contributed by atoms with E-state index in [1.54, 1.807) is 35.1 Å². The number of aliphatic hydroxyl groups excluding tert-OH is 1. The Labute approximate surface area is 139 Å². The van der Waals surface area contributed by atoms with Gasteiger partial charge in [-0.05, 0) is 29.8 Å². The van der Waals surface area contributed by atoms with Gasteiger partial charge in [0, 0.05) is 5.02 Å². The molecule has 2 aromatic carbocycles. The van der Waals surface area contributed by atoms with Crippen LogP contribution in [0.5, 0.6) is 5.75 Å². The molecule has 0 aliphatic rings. The summed E-state index contributed by atoms with van der Waals surface area (Å²) in [6, 6.07) is 16.6. The lowest BCUT2D eigenvalue weighted by atomic mass is 10.1. The van der Waals surface area contributed by atoms with E-state index in [0.717, 1.165) is 5.56 Å². The normalized spacial score (nSPS) is 12.1. The number of aliphatic hydroxyl groups is 1. The van der Waals surface area contributed by atoms with E-state index >= 15 is 0 Å². The second-order valence-electron chi connectivity index (χ2n) is 5.10. The molecule has 6 heteroatoms. The van der Waals surface area contributed by atoms with Gasteiger partial charge in [-0.3, -0.25) is 0 Å². The fraction of sp³-hybridized carbons (Fsp3) is 0.176. The van der Waals surface area contributed by atoms with Gasteiger partial charge < -0.3 is 9.84 Å². The molecule has 0 bridgehead atoms. The van der Waals surface area contributed by atoms with Gasteiger partial charge in [0.05, 0.1) is 18.8 Å². The highest BCUT2D eigenvalue weighted by Gasteiger charge is 2.10. The minimum atomic E-state index is -0.622. The molecular formula is C17H16ClN3O2. The summed E-state index contributed by atoms with van der Waals surface area (Å²) in [7, 11) is 0. The van der Waals surface area contributed by atoms with Crippen molar-refractivity contribution >= 4 is 11.6 Å². The predicted octanol–water partition coefficient (Wildman–Crippen LogP) is 3.24. The van der Waals surface area contributed by atoms with Gasteiger partial charge in [-0.25, -0.2) is 4.68 Å². The standard InChI is InChI=1S/C17H16ClN3O2/c18-14-6-8-16(9-7-14)23-12-15-10-21(20-19-15)11-17(22)13-4-2-1-3-5-13/h1-10,17,22H,11-12H2. The summed E-state index contributed by atoms with van der Waals surface area (Å²) in [6.07, 6.45) is 1.14. The van der Waals surface area contributed by atoms with Gasteiger partial charge in [-0.1, -0.05) is 47.1 Å². The first-order valence-corrected chi connectivity index (χ1v) is 7.59. The summed E-state index contributed by atoms with van der Waals surface area (Å²) >= 11 is 5.83. The number of halogens is 1. The van der Waals surface area contributed by atoms with Crippen LogP contribution in [0.25, 0.3) is 0 Å². The van der Waals surface area contributed by atoms with Crippen LogP contribution in [0.2, 0.25) is 5.02 Å². The van der Waals surface area contributed by atoms with E-state index in [2.05, 4.69) is 10.3 Å². The summed E-state index contributed by atoms with van der Waals surface area (Å²) < 4.78 is 7.22. The molecule has 3 rings (SSSR count). The van der Waals surface area contributed by atoms with Gasteiger partial charge in [0.25, 0.3) is 0 Å². The van der Waals surface area contributed by atoms with Crippen molar-refractivity contribution in [2.45, 2.75) is 19.3 Å². The first kappa shape index (κ1) is 15.5. The third-order valence-corrected chi connectivity index (χ3v) is 3.58. The third-order valence-electron chi connectivity index (χ3n) is 3.33. The van der Waals surface area contributed by atoms with Crippen molar-refractivity contribution < 1.29 is 9.84 Å². The average Bonchev–Trinajstić information content (AvgIpc) is 3.02. The van der Waals surface area contributed by atoms with Gasteiger partial charge in [0.15, 0.2) is 0 Å². The third kappa shape index (κ3) is 4.31. The molecule has 0 amide bonds. The molecule has 1 N–H and O–H groups in total. The molecule has 0 aliphatic carbocycles. The Bertz CT molecular complexity index is 744. The number of benzene rings is 2. The SMILES string of the molecule is OC(Cn1cc(COc2ccc(Cl)cc2)nn1)c1ccccc1. The quantitative estimate of drug-likeness (QED) is 0.754. The van der Waals surface area contributed by atoms with Crippen LogP contribution in [0.3, 0.4) is 0 Å². The van der Waals surface area contributed by atoms with Gasteiger partial charge >= 0.3 is 0 Å². The fourth-order valence-electron chi connectivity index (χ4n) is 2.14. The Morgan fingerprint density at radius 3 is 2.57 bits per heavy atom. The van der Waals surface area contributed by atoms with E-state index in [9.17, 15) is 5.11 Å². The highest BCUT2D eigenvalue weighted by atomic mass is 35.5. The monoisotopic (exact) mass is 329 g/mol. The summed E-state index contributed by atoms with van der Waals surface area (Å²) in [5.41, 5.74) is 1.54. The van der Waals surface area contributed by atoms with Crippen molar-refractivity contribution in [2.75, 3.05) is 0 Å². The number of hydrogen-bond donors (Lipinski definition) is 1. The molecule has 1 unspecified atom stereocenters. The lowest BCUT2D eigenvalue weighted by molar-refractivity contribution is 0.150. The second kappa shape index (κ2) is 7.26. The summed E-state index contributed by atoms with van der Waals surface area (Å²) in [5.74, 6) is 0.716. The van der Waals surface area contributed by atoms with Crippen molar-refractivity contribution in [2.24, 2.45) is 0 Å². The predicted molar refractivity (Wildman–Crippen MR) is 87.2 cm³/mol. The molecule has 0 aliphatic heterocycles. The van der Waals surface area contributed by atoms with E-state index in [-0.39, 0.29) is 0 Å². The summed E-state index contributed by atoms with van der Waals surface area (Å²) in [4.78, 5) is 0. The Morgan fingerprint density at radius 1 is 1.09 bits per heavy atom. The van der Waals surface area contributed by atoms with Crippen LogP contribution in [0.1, 0.15) is 17.4 Å². The van der Waals surface area contributed by atoms with Crippen LogP contribution in [0.15, 0.2) is 60.8 Å². The lowest BCUT2D eigenvalue weighted by Gasteiger charge is -2.09. The van der Waals surface area contributed by atoms with Crippen LogP contribution in [0.4, 0.5) is 0 Å². The van der Waals surface area contributed by atoms with Gasteiger partial charge in [-0.15, -0.1) is 5.10 Å². The van der Waals surface area contributed by atoms with Crippen molar-refractivity contribution in [1.29, 1.82) is 0 Å². The largest absolute Gasteiger partial charge is 0.487 e. The number of hydrogen-bond acceptors (Lipinski definition) is 4. The molecule has 0 fully saturated rings. The second-order valence-corrected chi connectivity index (χ2v) is 5.54. The van der Waals surface area contributed by atoms with Crippen LogP contribution in [0, 0.1) is 0 Å². The van der Waals surface area contributed by atoms with Gasteiger partial charge in [-0.2, -0.15) is 0 Å². The Balaban J connectivity index is 1.56. The zero-order chi connectivity index (χ0) is 16.1. The van der Waals surface area contributed by atoms with Crippen LogP contribution >= 0.6 is 11.6 Å². The molecule has 1 heterocycles. The topological polar surface area (TPSA) is 60.2 Å². The maximum Gasteiger partial charge on any atom is 0.134 e. The maximum absolute atomic E-state index is 10.2. The molecule has 0 saturated heterocycles. The molecule has 1 aromatic heterocycles. The molecule has 118 valence electrons. The van der Waals surface area contributed by atoms with Crippen molar-refractivity contribution in [3.63, 3.8) is 0 Å². The Morgan fingerprint density at radius 2 is 1.83 bits per heavy atom. The highest BCUT2D eigenvalue weighted by molar-refractivity contribution is 6.30. The number of ether oxygens (including phenoxy) is 1. The maximum atomic E-state index is 10.2. The highest BCUT2D eigenvalue weighted by Crippen LogP contribution is 2.17. The van der Waals surface area contributed by atoms with E-state index in [0.29, 0.717) is 29.6 Å². The average molecular weight is 330 g/mol. The zero-order valence-corrected chi connectivity index (χ0v) is 13.1. The molecule has 0 radical (unpaired) electrons. The fourth-order valence-corrected chi connectivity index (χ4v) is 2.27. The number of aromatic nitrogens is 3. The van der Waals surface area contributed by atoms with E-state index in [4.69, 9.17) is 16.3 Å². The number of nitrogens with zero attached hydrogens (tertiary/aromatic N) is 3. The molecule has 23 heavy (non-hydrogen) atoms. The summed E-state index contributed by atoms with van der Waals surface area (Å²) in [5, 5.41) is 18.9. The van der Waals surface area contributed by atoms with E-state index in [1.165, 1.54) is 0 Å². The first-order valence-electron chi connectivity index (χ1n) is 7.21. The first-order chi connectivity index (χ1) is 11.2. The van der Waals surface area contributed by atoms with Gasteiger partial charge in [0.2, 0.25) is 0 Å². The molecule has 0 spiro atoms. The lowest BCUT2D eigenvalue weighted by Crippen LogP contribution is -2.09. The van der Waals surface area contributed by atoms with Crippen LogP contribution in [-0.2, 0) is 13.2 Å². The van der Waals surface area contributed by atoms with Gasteiger partial charge in [0.1, 0.15) is 18.1 Å². The molecule has 5 nitrogen and oxygen atoms in total. The minimum Gasteiger partial charge on any atom is -0.487 e. The van der Waals surface area contributed by atoms with Crippen LogP contribution in [-0.4, -0.2) is 20.1 Å². The van der Waals surface area contributed by atoms with E-state index < -0.39 is 6.10 Å².